The van der Waals surface area contributed by atoms with E-state index in [9.17, 15) is 27.2 Å². The number of hydrogen-bond acceptors (Lipinski definition) is 3. The number of aromatic nitrogens is 2. The van der Waals surface area contributed by atoms with Crippen LogP contribution in [0.1, 0.15) is 26.4 Å². The number of amides is 1. The van der Waals surface area contributed by atoms with Gasteiger partial charge in [0.2, 0.25) is 0 Å². The number of hydrogen-bond donors (Lipinski definition) is 2. The zero-order valence-electron chi connectivity index (χ0n) is 11.5. The van der Waals surface area contributed by atoms with Crippen LogP contribution < -0.4 is 5.32 Å². The van der Waals surface area contributed by atoms with Crippen molar-refractivity contribution >= 4 is 17.6 Å². The number of carbonyl (C=O) groups excluding carboxylic acids is 1. The van der Waals surface area contributed by atoms with Crippen LogP contribution in [0.25, 0.3) is 0 Å². The molecule has 10 heteroatoms. The molecule has 0 atom stereocenters. The second kappa shape index (κ2) is 5.71. The number of carboxylic acids is 1. The molecule has 0 radical (unpaired) electrons. The number of nitrogens with zero attached hydrogens (tertiary/aromatic N) is 2. The first-order chi connectivity index (χ1) is 10.6. The summed E-state index contributed by atoms with van der Waals surface area (Å²) in [6, 6.07) is 2.98. The number of rotatable bonds is 3. The van der Waals surface area contributed by atoms with Crippen LogP contribution in [0.15, 0.2) is 24.4 Å². The molecule has 0 saturated carbocycles. The lowest BCUT2D eigenvalue weighted by molar-refractivity contribution is -0.141. The molecule has 122 valence electrons. The lowest BCUT2D eigenvalue weighted by Gasteiger charge is -2.10. The fourth-order valence-electron chi connectivity index (χ4n) is 1.87. The van der Waals surface area contributed by atoms with Gasteiger partial charge in [0, 0.05) is 13.2 Å². The Kier molecular flexibility index (Phi) is 4.08. The van der Waals surface area contributed by atoms with Gasteiger partial charge in [0.15, 0.2) is 5.69 Å². The van der Waals surface area contributed by atoms with Crippen molar-refractivity contribution in [3.8, 4) is 0 Å². The smallest absolute Gasteiger partial charge is 0.435 e. The van der Waals surface area contributed by atoms with Crippen molar-refractivity contribution in [3.63, 3.8) is 0 Å². The van der Waals surface area contributed by atoms with E-state index in [2.05, 4.69) is 5.10 Å². The molecule has 0 aliphatic carbocycles. The fraction of sp³-hybridized carbons (Fsp3) is 0.154. The number of carboxylic acid groups (broad SMARTS) is 1. The minimum absolute atomic E-state index is 0.587. The molecule has 6 nitrogen and oxygen atoms in total. The standard InChI is InChI=1S/C13H9F4N3O3/c1-20-5-7(10(19-20)13(15,16)17)11(21)18-9-6(12(22)23)3-2-4-8(9)14/h2-5H,1H3,(H,18,21)(H,22,23). The van der Waals surface area contributed by atoms with E-state index in [0.29, 0.717) is 0 Å². The highest BCUT2D eigenvalue weighted by Crippen LogP contribution is 2.31. The van der Waals surface area contributed by atoms with Gasteiger partial charge in [-0.3, -0.25) is 9.48 Å². The molecule has 1 aromatic heterocycles. The van der Waals surface area contributed by atoms with Gasteiger partial charge in [-0.05, 0) is 12.1 Å². The molecular weight excluding hydrogens is 322 g/mol. The molecule has 0 fully saturated rings. The number of halogens is 4. The summed E-state index contributed by atoms with van der Waals surface area (Å²) in [5, 5.41) is 13.9. The van der Waals surface area contributed by atoms with Gasteiger partial charge in [-0.15, -0.1) is 0 Å². The van der Waals surface area contributed by atoms with E-state index in [4.69, 9.17) is 5.11 Å². The van der Waals surface area contributed by atoms with Crippen LogP contribution in [0.2, 0.25) is 0 Å². The Bertz CT molecular complexity index is 783. The van der Waals surface area contributed by atoms with E-state index in [-0.39, 0.29) is 0 Å². The normalized spacial score (nSPS) is 11.3. The first-order valence-electron chi connectivity index (χ1n) is 6.05. The number of aromatic carboxylic acids is 1. The largest absolute Gasteiger partial charge is 0.478 e. The highest BCUT2D eigenvalue weighted by atomic mass is 19.4. The summed E-state index contributed by atoms with van der Waals surface area (Å²) < 4.78 is 53.0. The van der Waals surface area contributed by atoms with Gasteiger partial charge in [0.25, 0.3) is 5.91 Å². The molecule has 2 rings (SSSR count). The predicted octanol–water partition coefficient (Wildman–Crippen LogP) is 2.53. The third-order valence-electron chi connectivity index (χ3n) is 2.82. The second-order valence-corrected chi connectivity index (χ2v) is 4.48. The van der Waals surface area contributed by atoms with E-state index >= 15 is 0 Å². The van der Waals surface area contributed by atoms with Gasteiger partial charge in [-0.25, -0.2) is 9.18 Å². The topological polar surface area (TPSA) is 84.2 Å². The molecule has 1 amide bonds. The highest BCUT2D eigenvalue weighted by molar-refractivity contribution is 6.08. The lowest BCUT2D eigenvalue weighted by atomic mass is 10.1. The Morgan fingerprint density at radius 1 is 1.26 bits per heavy atom. The fourth-order valence-corrected chi connectivity index (χ4v) is 1.87. The van der Waals surface area contributed by atoms with E-state index in [1.165, 1.54) is 7.05 Å². The number of benzene rings is 1. The zero-order valence-corrected chi connectivity index (χ0v) is 11.5. The molecule has 0 aliphatic heterocycles. The summed E-state index contributed by atoms with van der Waals surface area (Å²) in [4.78, 5) is 23.0. The number of aryl methyl sites for hydroxylation is 1. The molecule has 0 bridgehead atoms. The van der Waals surface area contributed by atoms with E-state index in [1.807, 2.05) is 5.32 Å². The quantitative estimate of drug-likeness (QED) is 0.847. The van der Waals surface area contributed by atoms with Gasteiger partial charge in [-0.2, -0.15) is 18.3 Å². The predicted molar refractivity (Wildman–Crippen MR) is 69.5 cm³/mol. The van der Waals surface area contributed by atoms with Crippen LogP contribution in [0.4, 0.5) is 23.2 Å². The average molecular weight is 331 g/mol. The van der Waals surface area contributed by atoms with Gasteiger partial charge >= 0.3 is 12.1 Å². The van der Waals surface area contributed by atoms with Crippen LogP contribution in [-0.4, -0.2) is 26.8 Å². The highest BCUT2D eigenvalue weighted by Gasteiger charge is 2.39. The molecule has 2 N–H and O–H groups in total. The minimum Gasteiger partial charge on any atom is -0.478 e. The van der Waals surface area contributed by atoms with Crippen LogP contribution in [-0.2, 0) is 13.2 Å². The number of para-hydroxylation sites is 1. The third kappa shape index (κ3) is 3.30. The van der Waals surface area contributed by atoms with Crippen LogP contribution in [0, 0.1) is 5.82 Å². The van der Waals surface area contributed by atoms with Crippen molar-refractivity contribution in [2.45, 2.75) is 6.18 Å². The summed E-state index contributed by atoms with van der Waals surface area (Å²) in [5.74, 6) is -3.95. The maximum atomic E-state index is 13.7. The van der Waals surface area contributed by atoms with Crippen molar-refractivity contribution in [1.82, 2.24) is 9.78 Å². The number of carbonyl (C=O) groups is 2. The van der Waals surface area contributed by atoms with Gasteiger partial charge < -0.3 is 10.4 Å². The number of nitrogens with one attached hydrogen (secondary N) is 1. The first-order valence-corrected chi connectivity index (χ1v) is 6.05. The average Bonchev–Trinajstić information content (AvgIpc) is 2.83. The van der Waals surface area contributed by atoms with Gasteiger partial charge in [0.05, 0.1) is 16.8 Å². The van der Waals surface area contributed by atoms with E-state index in [1.54, 1.807) is 0 Å². The Hall–Kier alpha value is -2.91. The van der Waals surface area contributed by atoms with Crippen LogP contribution in [0.5, 0.6) is 0 Å². The summed E-state index contributed by atoms with van der Waals surface area (Å²) >= 11 is 0. The second-order valence-electron chi connectivity index (χ2n) is 4.48. The van der Waals surface area contributed by atoms with Crippen molar-refractivity contribution in [2.75, 3.05) is 5.32 Å². The van der Waals surface area contributed by atoms with Crippen molar-refractivity contribution in [1.29, 1.82) is 0 Å². The molecule has 0 aliphatic rings. The minimum atomic E-state index is -4.89. The molecule has 2 aromatic rings. The number of anilines is 1. The molecule has 23 heavy (non-hydrogen) atoms. The monoisotopic (exact) mass is 331 g/mol. The lowest BCUT2D eigenvalue weighted by Crippen LogP contribution is -2.20. The van der Waals surface area contributed by atoms with Crippen molar-refractivity contribution in [2.24, 2.45) is 7.05 Å². The molecule has 0 saturated heterocycles. The maximum absolute atomic E-state index is 13.7. The molecule has 0 unspecified atom stereocenters. The van der Waals surface area contributed by atoms with Gasteiger partial charge in [0.1, 0.15) is 5.82 Å². The molecule has 1 heterocycles. The van der Waals surface area contributed by atoms with Crippen molar-refractivity contribution < 1.29 is 32.3 Å². The molecule has 1 aromatic carbocycles. The summed E-state index contributed by atoms with van der Waals surface area (Å²) in [7, 11) is 1.18. The van der Waals surface area contributed by atoms with E-state index in [0.717, 1.165) is 29.1 Å². The van der Waals surface area contributed by atoms with Crippen molar-refractivity contribution in [3.05, 3.63) is 47.0 Å². The Labute approximate surface area is 126 Å². The summed E-state index contributed by atoms with van der Waals surface area (Å²) in [5.41, 5.74) is -3.61. The Morgan fingerprint density at radius 3 is 2.48 bits per heavy atom. The molecular formula is C13H9F4N3O3. The maximum Gasteiger partial charge on any atom is 0.435 e. The zero-order chi connectivity index (χ0) is 17.4. The van der Waals surface area contributed by atoms with E-state index < -0.39 is 46.4 Å². The summed E-state index contributed by atoms with van der Waals surface area (Å²) in [6.45, 7) is 0. The summed E-state index contributed by atoms with van der Waals surface area (Å²) in [6.07, 6.45) is -4.09. The Balaban J connectivity index is 2.44. The third-order valence-corrected chi connectivity index (χ3v) is 2.82. The SMILES string of the molecule is Cn1cc(C(=O)Nc2c(F)cccc2C(=O)O)c(C(F)(F)F)n1. The molecule has 0 spiro atoms. The van der Waals surface area contributed by atoms with Crippen LogP contribution in [0.3, 0.4) is 0 Å². The number of alkyl halides is 3. The van der Waals surface area contributed by atoms with Gasteiger partial charge in [-0.1, -0.05) is 6.07 Å². The van der Waals surface area contributed by atoms with Crippen LogP contribution >= 0.6 is 0 Å². The first kappa shape index (κ1) is 16.5. The Morgan fingerprint density at radius 2 is 1.91 bits per heavy atom.